The minimum absolute atomic E-state index is 0.0293. The maximum atomic E-state index is 11.3. The van der Waals surface area contributed by atoms with Crippen molar-refractivity contribution >= 4 is 5.91 Å². The van der Waals surface area contributed by atoms with Crippen molar-refractivity contribution in [3.63, 3.8) is 0 Å². The molecular formula is C8H15NO3. The summed E-state index contributed by atoms with van der Waals surface area (Å²) < 4.78 is 5.17. The Hall–Kier alpha value is -0.610. The van der Waals surface area contributed by atoms with Gasteiger partial charge in [0, 0.05) is 12.6 Å². The van der Waals surface area contributed by atoms with Crippen LogP contribution in [0.2, 0.25) is 0 Å². The molecule has 1 fully saturated rings. The molecule has 1 saturated heterocycles. The minimum Gasteiger partial charge on any atom is -0.394 e. The molecule has 4 heteroatoms. The van der Waals surface area contributed by atoms with Crippen LogP contribution in [-0.2, 0) is 9.53 Å². The van der Waals surface area contributed by atoms with Gasteiger partial charge in [-0.3, -0.25) is 4.79 Å². The average molecular weight is 173 g/mol. The van der Waals surface area contributed by atoms with Crippen LogP contribution in [-0.4, -0.2) is 36.4 Å². The highest BCUT2D eigenvalue weighted by Crippen LogP contribution is 2.11. The summed E-state index contributed by atoms with van der Waals surface area (Å²) in [6, 6.07) is -0.179. The fourth-order valence-corrected chi connectivity index (χ4v) is 1.17. The van der Waals surface area contributed by atoms with Gasteiger partial charge in [0.05, 0.1) is 6.61 Å². The van der Waals surface area contributed by atoms with Gasteiger partial charge < -0.3 is 15.2 Å². The Labute approximate surface area is 71.9 Å². The lowest BCUT2D eigenvalue weighted by molar-refractivity contribution is -0.130. The number of amides is 1. The lowest BCUT2D eigenvalue weighted by Crippen LogP contribution is -2.41. The number of carbonyl (C=O) groups is 1. The summed E-state index contributed by atoms with van der Waals surface area (Å²) in [7, 11) is 0. The van der Waals surface area contributed by atoms with Gasteiger partial charge in [-0.15, -0.1) is 0 Å². The fraction of sp³-hybridized carbons (Fsp3) is 0.875. The van der Waals surface area contributed by atoms with E-state index < -0.39 is 0 Å². The molecule has 12 heavy (non-hydrogen) atoms. The van der Waals surface area contributed by atoms with E-state index in [2.05, 4.69) is 5.32 Å². The summed E-state index contributed by atoms with van der Waals surface area (Å²) >= 11 is 0. The molecule has 1 amide bonds. The van der Waals surface area contributed by atoms with Crippen LogP contribution in [0, 0.1) is 0 Å². The molecule has 1 heterocycles. The highest BCUT2D eigenvalue weighted by atomic mass is 16.5. The molecule has 1 aliphatic rings. The molecule has 0 aromatic rings. The highest BCUT2D eigenvalue weighted by Gasteiger charge is 2.23. The van der Waals surface area contributed by atoms with Crippen molar-refractivity contribution in [3.05, 3.63) is 0 Å². The van der Waals surface area contributed by atoms with E-state index in [1.54, 1.807) is 6.92 Å². The number of rotatable bonds is 3. The van der Waals surface area contributed by atoms with Gasteiger partial charge in [0.2, 0.25) is 5.91 Å². The monoisotopic (exact) mass is 173 g/mol. The smallest absolute Gasteiger partial charge is 0.249 e. The third kappa shape index (κ3) is 2.46. The molecule has 1 unspecified atom stereocenters. The number of aliphatic hydroxyl groups is 1. The first-order valence-corrected chi connectivity index (χ1v) is 4.27. The summed E-state index contributed by atoms with van der Waals surface area (Å²) in [6.07, 6.45) is 1.45. The normalized spacial score (nSPS) is 25.3. The van der Waals surface area contributed by atoms with Crippen LogP contribution in [0.5, 0.6) is 0 Å². The lowest BCUT2D eigenvalue weighted by Gasteiger charge is -2.14. The Balaban J connectivity index is 2.27. The van der Waals surface area contributed by atoms with Gasteiger partial charge in [0.25, 0.3) is 0 Å². The van der Waals surface area contributed by atoms with Crippen LogP contribution in [0.4, 0.5) is 0 Å². The topological polar surface area (TPSA) is 58.6 Å². The maximum Gasteiger partial charge on any atom is 0.249 e. The van der Waals surface area contributed by atoms with Gasteiger partial charge in [-0.05, 0) is 19.8 Å². The van der Waals surface area contributed by atoms with Crippen LogP contribution in [0.15, 0.2) is 0 Å². The van der Waals surface area contributed by atoms with E-state index in [0.717, 1.165) is 12.8 Å². The van der Waals surface area contributed by atoms with Gasteiger partial charge in [-0.2, -0.15) is 0 Å². The van der Waals surface area contributed by atoms with Crippen LogP contribution in [0.1, 0.15) is 19.8 Å². The van der Waals surface area contributed by atoms with Crippen molar-refractivity contribution in [2.24, 2.45) is 0 Å². The van der Waals surface area contributed by atoms with Crippen molar-refractivity contribution in [2.75, 3.05) is 13.2 Å². The second kappa shape index (κ2) is 4.42. The van der Waals surface area contributed by atoms with Gasteiger partial charge in [-0.25, -0.2) is 0 Å². The highest BCUT2D eigenvalue weighted by molar-refractivity contribution is 5.81. The van der Waals surface area contributed by atoms with E-state index in [9.17, 15) is 4.79 Å². The number of hydrogen-bond donors (Lipinski definition) is 2. The summed E-state index contributed by atoms with van der Waals surface area (Å²) in [5, 5.41) is 11.3. The molecule has 2 atom stereocenters. The van der Waals surface area contributed by atoms with E-state index in [4.69, 9.17) is 9.84 Å². The van der Waals surface area contributed by atoms with Crippen molar-refractivity contribution in [3.8, 4) is 0 Å². The molecule has 0 saturated carbocycles. The Kier molecular flexibility index (Phi) is 3.49. The predicted molar refractivity (Wildman–Crippen MR) is 43.7 cm³/mol. The second-order valence-electron chi connectivity index (χ2n) is 3.09. The van der Waals surface area contributed by atoms with E-state index in [1.165, 1.54) is 0 Å². The van der Waals surface area contributed by atoms with Crippen LogP contribution in [0.3, 0.4) is 0 Å². The molecular weight excluding hydrogens is 158 g/mol. The fourth-order valence-electron chi connectivity index (χ4n) is 1.17. The molecule has 4 nitrogen and oxygen atoms in total. The summed E-state index contributed by atoms with van der Waals surface area (Å²) in [5.41, 5.74) is 0. The van der Waals surface area contributed by atoms with Crippen molar-refractivity contribution in [1.29, 1.82) is 0 Å². The quantitative estimate of drug-likeness (QED) is 0.614. The molecule has 70 valence electrons. The first-order valence-electron chi connectivity index (χ1n) is 4.27. The average Bonchev–Trinajstić information content (AvgIpc) is 2.56. The first kappa shape index (κ1) is 9.48. The molecule has 2 N–H and O–H groups in total. The minimum atomic E-state index is -0.293. The van der Waals surface area contributed by atoms with Crippen molar-refractivity contribution < 1.29 is 14.6 Å². The van der Waals surface area contributed by atoms with Crippen molar-refractivity contribution in [2.45, 2.75) is 31.9 Å². The lowest BCUT2D eigenvalue weighted by atomic mass is 10.2. The third-order valence-corrected chi connectivity index (χ3v) is 1.88. The number of carbonyl (C=O) groups excluding carboxylic acids is 1. The Bertz CT molecular complexity index is 154. The van der Waals surface area contributed by atoms with Gasteiger partial charge >= 0.3 is 0 Å². The predicted octanol–water partition coefficient (Wildman–Crippen LogP) is -0.338. The Morgan fingerprint density at radius 3 is 3.08 bits per heavy atom. The van der Waals surface area contributed by atoms with Gasteiger partial charge in [0.15, 0.2) is 0 Å². The molecule has 0 aromatic carbocycles. The zero-order chi connectivity index (χ0) is 8.97. The zero-order valence-electron chi connectivity index (χ0n) is 7.25. The molecule has 0 bridgehead atoms. The van der Waals surface area contributed by atoms with E-state index in [0.29, 0.717) is 6.61 Å². The largest absolute Gasteiger partial charge is 0.394 e. The van der Waals surface area contributed by atoms with Gasteiger partial charge in [-0.1, -0.05) is 0 Å². The molecule has 0 aliphatic carbocycles. The number of ether oxygens (including phenoxy) is 1. The zero-order valence-corrected chi connectivity index (χ0v) is 7.25. The van der Waals surface area contributed by atoms with E-state index in [1.807, 2.05) is 0 Å². The summed E-state index contributed by atoms with van der Waals surface area (Å²) in [6.45, 7) is 2.40. The third-order valence-electron chi connectivity index (χ3n) is 1.88. The number of nitrogens with one attached hydrogen (secondary N) is 1. The Morgan fingerprint density at radius 1 is 1.83 bits per heavy atom. The SMILES string of the molecule is CC(CO)NC(=O)[C@@H]1CCCO1. The molecule has 0 aromatic heterocycles. The molecule has 0 spiro atoms. The molecule has 1 rings (SSSR count). The Morgan fingerprint density at radius 2 is 2.58 bits per heavy atom. The van der Waals surface area contributed by atoms with E-state index in [-0.39, 0.29) is 24.7 Å². The van der Waals surface area contributed by atoms with Gasteiger partial charge in [0.1, 0.15) is 6.10 Å². The molecule has 0 radical (unpaired) electrons. The maximum absolute atomic E-state index is 11.3. The number of aliphatic hydroxyl groups excluding tert-OH is 1. The van der Waals surface area contributed by atoms with Crippen LogP contribution < -0.4 is 5.32 Å². The molecule has 1 aliphatic heterocycles. The number of hydrogen-bond acceptors (Lipinski definition) is 3. The second-order valence-corrected chi connectivity index (χ2v) is 3.09. The van der Waals surface area contributed by atoms with Crippen LogP contribution in [0.25, 0.3) is 0 Å². The van der Waals surface area contributed by atoms with E-state index >= 15 is 0 Å². The standard InChI is InChI=1S/C8H15NO3/c1-6(5-10)9-8(11)7-3-2-4-12-7/h6-7,10H,2-5H2,1H3,(H,9,11)/t6?,7-/m0/s1. The summed E-state index contributed by atoms with van der Waals surface area (Å²) in [5.74, 6) is -0.103. The van der Waals surface area contributed by atoms with Crippen LogP contribution >= 0.6 is 0 Å². The van der Waals surface area contributed by atoms with Crippen molar-refractivity contribution in [1.82, 2.24) is 5.32 Å². The first-order chi connectivity index (χ1) is 5.74. The summed E-state index contributed by atoms with van der Waals surface area (Å²) in [4.78, 5) is 11.3.